The van der Waals surface area contributed by atoms with Crippen molar-refractivity contribution in [3.63, 3.8) is 0 Å². The molecule has 2 N–H and O–H groups in total. The van der Waals surface area contributed by atoms with Crippen LogP contribution in [-0.2, 0) is 0 Å². The Hall–Kier alpha value is -2.49. The van der Waals surface area contributed by atoms with Crippen LogP contribution in [0.5, 0.6) is 17.2 Å². The highest BCUT2D eigenvalue weighted by atomic mass is 16.5. The maximum absolute atomic E-state index is 11.2. The molecule has 2 aromatic carbocycles. The average molecular weight is 272 g/mol. The molecule has 2 aromatic rings. The molecule has 0 amide bonds. The van der Waals surface area contributed by atoms with Crippen molar-refractivity contribution in [1.82, 2.24) is 0 Å². The van der Waals surface area contributed by atoms with E-state index in [1.54, 1.807) is 7.11 Å². The van der Waals surface area contributed by atoms with Crippen LogP contribution in [0.15, 0.2) is 24.3 Å². The number of aldehydes is 1. The zero-order valence-electron chi connectivity index (χ0n) is 11.6. The first-order chi connectivity index (χ1) is 9.49. The predicted molar refractivity (Wildman–Crippen MR) is 76.6 cm³/mol. The first-order valence-corrected chi connectivity index (χ1v) is 6.15. The molecule has 0 bridgehead atoms. The Morgan fingerprint density at radius 2 is 1.55 bits per heavy atom. The van der Waals surface area contributed by atoms with Gasteiger partial charge in [-0.05, 0) is 54.8 Å². The summed E-state index contributed by atoms with van der Waals surface area (Å²) in [6, 6.07) is 6.32. The zero-order chi connectivity index (χ0) is 14.9. The van der Waals surface area contributed by atoms with Gasteiger partial charge < -0.3 is 14.9 Å². The summed E-state index contributed by atoms with van der Waals surface area (Å²) in [5.41, 5.74) is 2.86. The summed E-state index contributed by atoms with van der Waals surface area (Å²) in [7, 11) is 1.58. The van der Waals surface area contributed by atoms with Crippen molar-refractivity contribution in [2.24, 2.45) is 0 Å². The third-order valence-corrected chi connectivity index (χ3v) is 3.31. The van der Waals surface area contributed by atoms with Gasteiger partial charge in [-0.25, -0.2) is 0 Å². The third-order valence-electron chi connectivity index (χ3n) is 3.31. The van der Waals surface area contributed by atoms with E-state index in [4.69, 9.17) is 4.74 Å². The number of carbonyl (C=O) groups is 1. The zero-order valence-corrected chi connectivity index (χ0v) is 11.6. The standard InChI is InChI=1S/C16H16O4/c1-9-6-11(20-3)7-10(2)15(9)16-12(8-17)13(18)4-5-14(16)19/h4-8,18-19H,1-3H3. The minimum atomic E-state index is -0.151. The van der Waals surface area contributed by atoms with Crippen LogP contribution in [0, 0.1) is 13.8 Å². The monoisotopic (exact) mass is 272 g/mol. The number of aryl methyl sites for hydroxylation is 2. The van der Waals surface area contributed by atoms with Gasteiger partial charge in [-0.15, -0.1) is 0 Å². The van der Waals surface area contributed by atoms with Crippen LogP contribution < -0.4 is 4.74 Å². The molecule has 2 rings (SSSR count). The molecular formula is C16H16O4. The van der Waals surface area contributed by atoms with E-state index in [2.05, 4.69) is 0 Å². The van der Waals surface area contributed by atoms with Crippen molar-refractivity contribution in [2.75, 3.05) is 7.11 Å². The van der Waals surface area contributed by atoms with E-state index in [-0.39, 0.29) is 17.1 Å². The Morgan fingerprint density at radius 1 is 1.00 bits per heavy atom. The number of hydrogen-bond donors (Lipinski definition) is 2. The lowest BCUT2D eigenvalue weighted by Crippen LogP contribution is -1.96. The second-order valence-corrected chi connectivity index (χ2v) is 4.65. The number of carbonyl (C=O) groups excluding carboxylic acids is 1. The molecule has 0 aliphatic carbocycles. The Bertz CT molecular complexity index is 651. The lowest BCUT2D eigenvalue weighted by molar-refractivity contribution is 0.112. The van der Waals surface area contributed by atoms with Crippen LogP contribution in [0.2, 0.25) is 0 Å². The number of phenolic OH excluding ortho intramolecular Hbond substituents is 2. The van der Waals surface area contributed by atoms with Gasteiger partial charge in [0.15, 0.2) is 6.29 Å². The van der Waals surface area contributed by atoms with Crippen LogP contribution in [-0.4, -0.2) is 23.6 Å². The average Bonchev–Trinajstić information content (AvgIpc) is 2.41. The topological polar surface area (TPSA) is 66.8 Å². The van der Waals surface area contributed by atoms with Crippen molar-refractivity contribution in [1.29, 1.82) is 0 Å². The van der Waals surface area contributed by atoms with E-state index in [0.717, 1.165) is 16.7 Å². The van der Waals surface area contributed by atoms with E-state index < -0.39 is 0 Å². The van der Waals surface area contributed by atoms with Crippen LogP contribution >= 0.6 is 0 Å². The molecule has 4 nitrogen and oxygen atoms in total. The van der Waals surface area contributed by atoms with E-state index in [1.165, 1.54) is 12.1 Å². The van der Waals surface area contributed by atoms with Crippen molar-refractivity contribution in [3.8, 4) is 28.4 Å². The fourth-order valence-corrected chi connectivity index (χ4v) is 2.42. The van der Waals surface area contributed by atoms with E-state index in [1.807, 2.05) is 26.0 Å². The fourth-order valence-electron chi connectivity index (χ4n) is 2.42. The molecule has 0 aliphatic heterocycles. The number of phenols is 2. The van der Waals surface area contributed by atoms with Crippen molar-refractivity contribution >= 4 is 6.29 Å². The molecule has 0 heterocycles. The summed E-state index contributed by atoms with van der Waals surface area (Å²) < 4.78 is 5.20. The molecule has 0 fully saturated rings. The smallest absolute Gasteiger partial charge is 0.154 e. The molecule has 0 saturated heterocycles. The van der Waals surface area contributed by atoms with E-state index in [9.17, 15) is 15.0 Å². The van der Waals surface area contributed by atoms with Crippen LogP contribution in [0.3, 0.4) is 0 Å². The van der Waals surface area contributed by atoms with Crippen LogP contribution in [0.25, 0.3) is 11.1 Å². The maximum atomic E-state index is 11.2. The van der Waals surface area contributed by atoms with Gasteiger partial charge in [0.2, 0.25) is 0 Å². The van der Waals surface area contributed by atoms with Crippen molar-refractivity contribution in [2.45, 2.75) is 13.8 Å². The van der Waals surface area contributed by atoms with Gasteiger partial charge in [-0.1, -0.05) is 0 Å². The second-order valence-electron chi connectivity index (χ2n) is 4.65. The van der Waals surface area contributed by atoms with Gasteiger partial charge in [0.25, 0.3) is 0 Å². The Kier molecular flexibility index (Phi) is 3.66. The summed E-state index contributed by atoms with van der Waals surface area (Å²) in [6.45, 7) is 3.73. The lowest BCUT2D eigenvalue weighted by atomic mass is 9.91. The summed E-state index contributed by atoms with van der Waals surface area (Å²) in [5.74, 6) is 0.514. The highest BCUT2D eigenvalue weighted by Gasteiger charge is 2.18. The number of methoxy groups -OCH3 is 1. The van der Waals surface area contributed by atoms with E-state index >= 15 is 0 Å². The summed E-state index contributed by atoms with van der Waals surface area (Å²) in [5, 5.41) is 19.9. The molecule has 0 aliphatic rings. The second kappa shape index (κ2) is 5.25. The molecule has 0 radical (unpaired) electrons. The number of benzene rings is 2. The number of ether oxygens (including phenoxy) is 1. The van der Waals surface area contributed by atoms with E-state index in [0.29, 0.717) is 17.6 Å². The quantitative estimate of drug-likeness (QED) is 0.665. The normalized spacial score (nSPS) is 10.3. The van der Waals surface area contributed by atoms with Gasteiger partial charge >= 0.3 is 0 Å². The lowest BCUT2D eigenvalue weighted by Gasteiger charge is -2.16. The van der Waals surface area contributed by atoms with Gasteiger partial charge in [-0.3, -0.25) is 4.79 Å². The number of aromatic hydroxyl groups is 2. The van der Waals surface area contributed by atoms with Gasteiger partial charge in [0.1, 0.15) is 17.2 Å². The molecule has 20 heavy (non-hydrogen) atoms. The first kappa shape index (κ1) is 13.9. The molecule has 104 valence electrons. The molecule has 4 heteroatoms. The predicted octanol–water partition coefficient (Wildman–Crippen LogP) is 3.20. The molecule has 0 atom stereocenters. The third kappa shape index (κ3) is 2.20. The highest BCUT2D eigenvalue weighted by Crippen LogP contribution is 2.40. The first-order valence-electron chi connectivity index (χ1n) is 6.15. The minimum Gasteiger partial charge on any atom is -0.507 e. The highest BCUT2D eigenvalue weighted by molar-refractivity contribution is 5.95. The Balaban J connectivity index is 2.81. The fraction of sp³-hybridized carbons (Fsp3) is 0.188. The molecular weight excluding hydrogens is 256 g/mol. The van der Waals surface area contributed by atoms with Crippen LogP contribution in [0.1, 0.15) is 21.5 Å². The van der Waals surface area contributed by atoms with Crippen LogP contribution in [0.4, 0.5) is 0 Å². The molecule has 0 spiro atoms. The van der Waals surface area contributed by atoms with Crippen molar-refractivity contribution < 1.29 is 19.7 Å². The molecule has 0 saturated carbocycles. The minimum absolute atomic E-state index is 0.0405. The van der Waals surface area contributed by atoms with Gasteiger partial charge in [-0.2, -0.15) is 0 Å². The number of rotatable bonds is 3. The number of hydrogen-bond acceptors (Lipinski definition) is 4. The summed E-state index contributed by atoms with van der Waals surface area (Å²) in [6.07, 6.45) is 0.549. The largest absolute Gasteiger partial charge is 0.507 e. The summed E-state index contributed by atoms with van der Waals surface area (Å²) >= 11 is 0. The van der Waals surface area contributed by atoms with Gasteiger partial charge in [0.05, 0.1) is 12.7 Å². The SMILES string of the molecule is COc1cc(C)c(-c2c(O)ccc(O)c2C=O)c(C)c1. The maximum Gasteiger partial charge on any atom is 0.154 e. The molecule has 0 unspecified atom stereocenters. The Morgan fingerprint density at radius 3 is 2.05 bits per heavy atom. The van der Waals surface area contributed by atoms with Gasteiger partial charge in [0, 0.05) is 5.56 Å². The summed E-state index contributed by atoms with van der Waals surface area (Å²) in [4.78, 5) is 11.2. The van der Waals surface area contributed by atoms with Crippen molar-refractivity contribution in [3.05, 3.63) is 41.0 Å². The Labute approximate surface area is 117 Å². The molecule has 0 aromatic heterocycles.